The van der Waals surface area contributed by atoms with Crippen LogP contribution in [0.3, 0.4) is 0 Å². The van der Waals surface area contributed by atoms with Gasteiger partial charge in [0, 0.05) is 23.1 Å². The average Bonchev–Trinajstić information content (AvgIpc) is 3.46. The van der Waals surface area contributed by atoms with Gasteiger partial charge in [-0.25, -0.2) is 14.3 Å². The van der Waals surface area contributed by atoms with Crippen LogP contribution < -0.4 is 10.6 Å². The van der Waals surface area contributed by atoms with Gasteiger partial charge >= 0.3 is 6.03 Å². The molecule has 1 aliphatic heterocycles. The summed E-state index contributed by atoms with van der Waals surface area (Å²) in [5.41, 5.74) is 4.71. The predicted octanol–water partition coefficient (Wildman–Crippen LogP) is 4.99. The fourth-order valence-corrected chi connectivity index (χ4v) is 3.98. The minimum absolute atomic E-state index is 0.395. The maximum absolute atomic E-state index is 12.9. The van der Waals surface area contributed by atoms with E-state index in [0.717, 1.165) is 23.2 Å². The second-order valence-corrected chi connectivity index (χ2v) is 7.44. The van der Waals surface area contributed by atoms with E-state index in [4.69, 9.17) is 11.2 Å². The van der Waals surface area contributed by atoms with Crippen LogP contribution in [0.4, 0.5) is 16.3 Å². The fourth-order valence-electron chi connectivity index (χ4n) is 3.98. The molecule has 1 aliphatic rings. The van der Waals surface area contributed by atoms with Gasteiger partial charge in [-0.05, 0) is 40.5 Å². The molecule has 2 N–H and O–H groups in total. The van der Waals surface area contributed by atoms with Gasteiger partial charge in [0.15, 0.2) is 11.5 Å². The number of para-hydroxylation sites is 1. The Bertz CT molecular complexity index is 1380. The van der Waals surface area contributed by atoms with E-state index in [2.05, 4.69) is 37.8 Å². The number of aromatic nitrogens is 4. The molecule has 2 aromatic heterocycles. The molecule has 32 heavy (non-hydrogen) atoms. The Morgan fingerprint density at radius 2 is 2.03 bits per heavy atom. The third-order valence-electron chi connectivity index (χ3n) is 5.39. The molecule has 1 atom stereocenters. The van der Waals surface area contributed by atoms with Gasteiger partial charge in [0.05, 0.1) is 12.5 Å². The normalized spacial score (nSPS) is 15.2. The summed E-state index contributed by atoms with van der Waals surface area (Å²) in [6.45, 7) is 9.95. The number of carbonyl (C=O) groups is 1. The molecular weight excluding hydrogens is 406 g/mol. The first-order valence-corrected chi connectivity index (χ1v) is 10.2. The number of hydrogen-bond acceptors (Lipinski definition) is 6. The van der Waals surface area contributed by atoms with Crippen molar-refractivity contribution in [3.05, 3.63) is 88.7 Å². The summed E-state index contributed by atoms with van der Waals surface area (Å²) in [5.74, 6) is 0.0988. The molecule has 0 saturated heterocycles. The maximum Gasteiger partial charge on any atom is 0.346 e. The van der Waals surface area contributed by atoms with Crippen LogP contribution >= 0.6 is 0 Å². The van der Waals surface area contributed by atoms with E-state index in [-0.39, 0.29) is 0 Å². The summed E-state index contributed by atoms with van der Waals surface area (Å²) in [6.07, 6.45) is 3.20. The second kappa shape index (κ2) is 8.00. The number of hydrogen-bond donors (Lipinski definition) is 2. The quantitative estimate of drug-likeness (QED) is 0.447. The average molecular weight is 425 g/mol. The summed E-state index contributed by atoms with van der Waals surface area (Å²) in [4.78, 5) is 16.7. The van der Waals surface area contributed by atoms with E-state index in [1.54, 1.807) is 18.3 Å². The highest BCUT2D eigenvalue weighted by Gasteiger charge is 2.34. The number of rotatable bonds is 4. The molecule has 9 nitrogen and oxygen atoms in total. The molecule has 1 unspecified atom stereocenters. The molecular formula is C23H19N7O2. The summed E-state index contributed by atoms with van der Waals surface area (Å²) in [6, 6.07) is 14.4. The first-order chi connectivity index (χ1) is 15.7. The highest BCUT2D eigenvalue weighted by atomic mass is 16.6. The number of fused-ring (bicyclic) bond motifs is 2. The van der Waals surface area contributed by atoms with E-state index in [1.807, 2.05) is 36.4 Å². The lowest BCUT2D eigenvalue weighted by molar-refractivity contribution is 0.251. The van der Waals surface area contributed by atoms with Crippen LogP contribution in [-0.2, 0) is 0 Å². The summed E-state index contributed by atoms with van der Waals surface area (Å²) >= 11 is 0. The molecule has 2 aromatic carbocycles. The minimum atomic E-state index is -0.445. The molecule has 0 aliphatic carbocycles. The van der Waals surface area contributed by atoms with Crippen LogP contribution in [0, 0.1) is 6.57 Å². The topological polar surface area (TPSA) is 102 Å². The van der Waals surface area contributed by atoms with Crippen molar-refractivity contribution in [3.63, 3.8) is 0 Å². The number of benzene rings is 2. The number of allylic oxidation sites excluding steroid dienone is 2. The van der Waals surface area contributed by atoms with Crippen LogP contribution in [0.25, 0.3) is 15.9 Å². The molecule has 0 fully saturated rings. The second-order valence-electron chi connectivity index (χ2n) is 7.44. The van der Waals surface area contributed by atoms with E-state index in [9.17, 15) is 4.79 Å². The Hall–Kier alpha value is -4.45. The SMILES string of the molecule is [C-]#[N+]C1=C(CCC)Nc2nn(C(=O)Nc3ccccc3)cc2C1c1cccc2nonc12. The molecule has 5 rings (SSSR count). The zero-order chi connectivity index (χ0) is 22.1. The van der Waals surface area contributed by atoms with E-state index < -0.39 is 11.9 Å². The minimum Gasteiger partial charge on any atom is -0.352 e. The molecule has 0 radical (unpaired) electrons. The van der Waals surface area contributed by atoms with Crippen molar-refractivity contribution >= 4 is 28.6 Å². The van der Waals surface area contributed by atoms with Crippen LogP contribution in [0.2, 0.25) is 0 Å². The standard InChI is InChI=1S/C23H19N7O2/c1-3-8-17-21(24-2)19(15-11-7-12-18-20(15)29-32-28-18)16-13-30(27-22(16)26-17)23(31)25-14-9-5-4-6-10-14/h4-7,9-13,19H,3,8H2,1H3,(H,25,31)(H,26,27). The van der Waals surface area contributed by atoms with Crippen molar-refractivity contribution in [2.24, 2.45) is 0 Å². The van der Waals surface area contributed by atoms with Gasteiger partial charge in [-0.15, -0.1) is 5.10 Å². The van der Waals surface area contributed by atoms with Gasteiger partial charge in [0.1, 0.15) is 11.0 Å². The van der Waals surface area contributed by atoms with E-state index >= 15 is 0 Å². The third kappa shape index (κ3) is 3.28. The van der Waals surface area contributed by atoms with Crippen molar-refractivity contribution in [1.29, 1.82) is 0 Å². The lowest BCUT2D eigenvalue weighted by Crippen LogP contribution is -2.20. The van der Waals surface area contributed by atoms with Crippen molar-refractivity contribution in [2.45, 2.75) is 25.7 Å². The van der Waals surface area contributed by atoms with Gasteiger partial charge < -0.3 is 10.6 Å². The van der Waals surface area contributed by atoms with Crippen LogP contribution in [0.15, 0.2) is 70.8 Å². The Kier molecular flexibility index (Phi) is 4.88. The van der Waals surface area contributed by atoms with Crippen LogP contribution in [0.5, 0.6) is 0 Å². The number of nitrogens with zero attached hydrogens (tertiary/aromatic N) is 5. The Morgan fingerprint density at radius 1 is 1.19 bits per heavy atom. The van der Waals surface area contributed by atoms with E-state index in [1.165, 1.54) is 4.68 Å². The molecule has 9 heteroatoms. The van der Waals surface area contributed by atoms with Gasteiger partial charge in [0.2, 0.25) is 0 Å². The monoisotopic (exact) mass is 425 g/mol. The Balaban J connectivity index is 1.62. The van der Waals surface area contributed by atoms with Crippen molar-refractivity contribution in [3.8, 4) is 0 Å². The Labute approximate surface area is 183 Å². The highest BCUT2D eigenvalue weighted by molar-refractivity contribution is 5.91. The first kappa shape index (κ1) is 19.5. The fraction of sp³-hybridized carbons (Fsp3) is 0.174. The number of carbonyl (C=O) groups excluding carboxylic acids is 1. The first-order valence-electron chi connectivity index (χ1n) is 10.2. The van der Waals surface area contributed by atoms with Crippen molar-refractivity contribution in [1.82, 2.24) is 20.1 Å². The largest absolute Gasteiger partial charge is 0.352 e. The van der Waals surface area contributed by atoms with Crippen LogP contribution in [0.1, 0.15) is 36.8 Å². The molecule has 4 aromatic rings. The molecule has 0 bridgehead atoms. The summed E-state index contributed by atoms with van der Waals surface area (Å²) in [5, 5.41) is 18.6. The molecule has 1 amide bonds. The number of amides is 1. The predicted molar refractivity (Wildman–Crippen MR) is 119 cm³/mol. The van der Waals surface area contributed by atoms with Crippen molar-refractivity contribution < 1.29 is 9.42 Å². The molecule has 0 saturated carbocycles. The van der Waals surface area contributed by atoms with Gasteiger partial charge in [-0.3, -0.25) is 0 Å². The van der Waals surface area contributed by atoms with Crippen LogP contribution in [-0.4, -0.2) is 26.1 Å². The molecule has 3 heterocycles. The van der Waals surface area contributed by atoms with Gasteiger partial charge in [-0.1, -0.05) is 43.7 Å². The Morgan fingerprint density at radius 3 is 2.81 bits per heavy atom. The van der Waals surface area contributed by atoms with E-state index in [0.29, 0.717) is 34.7 Å². The number of nitrogens with one attached hydrogen (secondary N) is 2. The maximum atomic E-state index is 12.9. The number of anilines is 2. The zero-order valence-corrected chi connectivity index (χ0v) is 17.2. The third-order valence-corrected chi connectivity index (χ3v) is 5.39. The zero-order valence-electron chi connectivity index (χ0n) is 17.2. The lowest BCUT2D eigenvalue weighted by Gasteiger charge is -2.25. The summed E-state index contributed by atoms with van der Waals surface area (Å²) in [7, 11) is 0. The van der Waals surface area contributed by atoms with Gasteiger partial charge in [-0.2, -0.15) is 4.68 Å². The smallest absolute Gasteiger partial charge is 0.346 e. The molecule has 0 spiro atoms. The van der Waals surface area contributed by atoms with Crippen molar-refractivity contribution in [2.75, 3.05) is 10.6 Å². The summed E-state index contributed by atoms with van der Waals surface area (Å²) < 4.78 is 6.20. The highest BCUT2D eigenvalue weighted by Crippen LogP contribution is 2.44. The molecule has 158 valence electrons. The van der Waals surface area contributed by atoms with Gasteiger partial charge in [0.25, 0.3) is 0 Å². The lowest BCUT2D eigenvalue weighted by atomic mass is 9.85.